The number of benzene rings is 1. The number of imide groups is 1. The predicted octanol–water partition coefficient (Wildman–Crippen LogP) is 1.22. The smallest absolute Gasteiger partial charge is 0.352 e. The summed E-state index contributed by atoms with van der Waals surface area (Å²) in [6.07, 6.45) is 0. The number of carbonyl (C=O) groups excluding carboxylic acids is 3. The number of hydrogen-bond acceptors (Lipinski definition) is 5. The Bertz CT molecular complexity index is 814. The third-order valence-corrected chi connectivity index (χ3v) is 4.10. The third-order valence-electron chi connectivity index (χ3n) is 4.10. The van der Waals surface area contributed by atoms with Gasteiger partial charge in [0.1, 0.15) is 5.92 Å². The molecule has 1 aromatic carbocycles. The molecule has 0 aliphatic carbocycles. The highest BCUT2D eigenvalue weighted by molar-refractivity contribution is 6.05. The quantitative estimate of drug-likeness (QED) is 0.715. The van der Waals surface area contributed by atoms with E-state index in [1.54, 1.807) is 32.0 Å². The number of rotatable bonds is 5. The number of nitrogens with one attached hydrogen (secondary N) is 2. The number of aliphatic hydroxyl groups excluding tert-OH is 1. The summed E-state index contributed by atoms with van der Waals surface area (Å²) >= 11 is 0. The van der Waals surface area contributed by atoms with Crippen molar-refractivity contribution < 1.29 is 19.5 Å². The molecular formula is C18H21N5O4. The van der Waals surface area contributed by atoms with Crippen LogP contribution in [0, 0.1) is 17.2 Å². The summed E-state index contributed by atoms with van der Waals surface area (Å²) in [5.41, 5.74) is 1.07. The summed E-state index contributed by atoms with van der Waals surface area (Å²) in [5.74, 6) is -1.24. The molecule has 0 saturated carbocycles. The molecule has 1 aliphatic rings. The minimum atomic E-state index is -0.905. The Kier molecular flexibility index (Phi) is 6.62. The zero-order chi connectivity index (χ0) is 20.0. The number of carbonyl (C=O) groups is 3. The van der Waals surface area contributed by atoms with E-state index in [4.69, 9.17) is 5.11 Å². The van der Waals surface area contributed by atoms with Crippen molar-refractivity contribution in [2.45, 2.75) is 19.9 Å². The Balaban J connectivity index is 2.49. The van der Waals surface area contributed by atoms with Crippen LogP contribution in [0.25, 0.3) is 0 Å². The van der Waals surface area contributed by atoms with Crippen LogP contribution in [0.15, 0.2) is 29.3 Å². The van der Waals surface area contributed by atoms with E-state index < -0.39 is 29.9 Å². The normalized spacial score (nSPS) is 19.1. The topological polar surface area (TPSA) is 135 Å². The van der Waals surface area contributed by atoms with Crippen molar-refractivity contribution in [2.75, 3.05) is 19.7 Å². The summed E-state index contributed by atoms with van der Waals surface area (Å²) in [7, 11) is 0. The number of urea groups is 2. The largest absolute Gasteiger partial charge is 0.395 e. The van der Waals surface area contributed by atoms with E-state index in [1.807, 2.05) is 0 Å². The Hall–Kier alpha value is -3.25. The molecule has 1 heterocycles. The van der Waals surface area contributed by atoms with Gasteiger partial charge in [-0.3, -0.25) is 4.79 Å². The van der Waals surface area contributed by atoms with Gasteiger partial charge in [0.15, 0.2) is 0 Å². The lowest BCUT2D eigenvalue weighted by molar-refractivity contribution is 0.0944. The van der Waals surface area contributed by atoms with Crippen LogP contribution in [0.5, 0.6) is 0 Å². The fourth-order valence-corrected chi connectivity index (χ4v) is 2.86. The first kappa shape index (κ1) is 20.1. The van der Waals surface area contributed by atoms with Gasteiger partial charge in [-0.1, -0.05) is 12.1 Å². The summed E-state index contributed by atoms with van der Waals surface area (Å²) in [5, 5.41) is 23.5. The van der Waals surface area contributed by atoms with Gasteiger partial charge in [-0.15, -0.1) is 0 Å². The fraction of sp³-hybridized carbons (Fsp3) is 0.389. The van der Waals surface area contributed by atoms with Gasteiger partial charge < -0.3 is 15.7 Å². The average molecular weight is 371 g/mol. The fourth-order valence-electron chi connectivity index (χ4n) is 2.86. The predicted molar refractivity (Wildman–Crippen MR) is 97.1 cm³/mol. The molecule has 0 aromatic heterocycles. The van der Waals surface area contributed by atoms with Crippen molar-refractivity contribution in [3.05, 3.63) is 35.4 Å². The second kappa shape index (κ2) is 8.91. The first-order chi connectivity index (χ1) is 12.9. The molecule has 5 amide bonds. The molecule has 9 heteroatoms. The first-order valence-corrected chi connectivity index (χ1v) is 8.49. The summed E-state index contributed by atoms with van der Waals surface area (Å²) < 4.78 is 0. The Morgan fingerprint density at radius 3 is 2.74 bits per heavy atom. The van der Waals surface area contributed by atoms with Gasteiger partial charge in [-0.25, -0.2) is 19.5 Å². The molecule has 27 heavy (non-hydrogen) atoms. The van der Waals surface area contributed by atoms with Crippen LogP contribution < -0.4 is 10.6 Å². The van der Waals surface area contributed by atoms with Gasteiger partial charge in [-0.05, 0) is 31.5 Å². The Morgan fingerprint density at radius 1 is 1.37 bits per heavy atom. The lowest BCUT2D eigenvalue weighted by Gasteiger charge is -2.35. The van der Waals surface area contributed by atoms with E-state index in [2.05, 4.69) is 21.7 Å². The zero-order valence-corrected chi connectivity index (χ0v) is 15.1. The lowest BCUT2D eigenvalue weighted by Crippen LogP contribution is -2.50. The maximum atomic E-state index is 12.4. The van der Waals surface area contributed by atoms with Crippen molar-refractivity contribution in [3.63, 3.8) is 0 Å². The molecule has 2 unspecified atom stereocenters. The first-order valence-electron chi connectivity index (χ1n) is 8.49. The average Bonchev–Trinajstić information content (AvgIpc) is 2.65. The molecule has 0 spiro atoms. The van der Waals surface area contributed by atoms with Crippen LogP contribution in [0.4, 0.5) is 9.59 Å². The zero-order valence-electron chi connectivity index (χ0n) is 15.1. The van der Waals surface area contributed by atoms with E-state index >= 15 is 0 Å². The highest BCUT2D eigenvalue weighted by Crippen LogP contribution is 2.34. The van der Waals surface area contributed by atoms with Gasteiger partial charge in [0.25, 0.3) is 5.91 Å². The number of nitrogens with zero attached hydrogens (tertiary/aromatic N) is 3. The van der Waals surface area contributed by atoms with Crippen LogP contribution in [0.3, 0.4) is 0 Å². The molecule has 0 saturated heterocycles. The van der Waals surface area contributed by atoms with Gasteiger partial charge in [-0.2, -0.15) is 5.26 Å². The molecule has 142 valence electrons. The van der Waals surface area contributed by atoms with Crippen molar-refractivity contribution in [3.8, 4) is 6.07 Å². The molecule has 0 fully saturated rings. The van der Waals surface area contributed by atoms with Gasteiger partial charge in [0.05, 0.1) is 18.7 Å². The van der Waals surface area contributed by atoms with Crippen molar-refractivity contribution in [2.24, 2.45) is 10.9 Å². The van der Waals surface area contributed by atoms with E-state index in [0.717, 1.165) is 4.90 Å². The molecule has 1 aliphatic heterocycles. The SMILES string of the molecule is CCNC(=O)N1C(=O)N=C(C)C(C#N)C1c1cccc(C(=O)NCCO)c1. The molecule has 0 radical (unpaired) electrons. The molecule has 0 bridgehead atoms. The molecule has 2 rings (SSSR count). The van der Waals surface area contributed by atoms with Crippen LogP contribution in [0.1, 0.15) is 35.8 Å². The number of amides is 5. The molecular weight excluding hydrogens is 350 g/mol. The van der Waals surface area contributed by atoms with Crippen molar-refractivity contribution >= 4 is 23.7 Å². The summed E-state index contributed by atoms with van der Waals surface area (Å²) in [6.45, 7) is 3.48. The minimum absolute atomic E-state index is 0.0998. The molecule has 9 nitrogen and oxygen atoms in total. The van der Waals surface area contributed by atoms with Crippen LogP contribution in [0.2, 0.25) is 0 Å². The molecule has 2 atom stereocenters. The highest BCUT2D eigenvalue weighted by Gasteiger charge is 2.41. The van der Waals surface area contributed by atoms with E-state index in [1.165, 1.54) is 6.07 Å². The minimum Gasteiger partial charge on any atom is -0.395 e. The molecule has 1 aromatic rings. The molecule has 3 N–H and O–H groups in total. The number of aliphatic imine (C=N–C) groups is 1. The van der Waals surface area contributed by atoms with Crippen LogP contribution in [-0.4, -0.2) is 53.4 Å². The van der Waals surface area contributed by atoms with Gasteiger partial charge in [0.2, 0.25) is 0 Å². The maximum Gasteiger partial charge on any atom is 0.352 e. The Morgan fingerprint density at radius 2 is 2.11 bits per heavy atom. The van der Waals surface area contributed by atoms with Crippen LogP contribution >= 0.6 is 0 Å². The van der Waals surface area contributed by atoms with E-state index in [9.17, 15) is 19.6 Å². The second-order valence-electron chi connectivity index (χ2n) is 5.90. The third kappa shape index (κ3) is 4.30. The van der Waals surface area contributed by atoms with Crippen LogP contribution in [-0.2, 0) is 0 Å². The Labute approximate surface area is 156 Å². The van der Waals surface area contributed by atoms with Crippen molar-refractivity contribution in [1.29, 1.82) is 5.26 Å². The standard InChI is InChI=1S/C18H21N5O4/c1-3-20-17(26)23-15(14(10-19)11(2)22-18(23)27)12-5-4-6-13(9-12)16(25)21-7-8-24/h4-6,9,14-15,24H,3,7-8H2,1-2H3,(H,20,26)(H,21,25). The lowest BCUT2D eigenvalue weighted by atomic mass is 9.87. The van der Waals surface area contributed by atoms with Gasteiger partial charge in [0, 0.05) is 24.4 Å². The van der Waals surface area contributed by atoms with Gasteiger partial charge >= 0.3 is 12.1 Å². The summed E-state index contributed by atoms with van der Waals surface area (Å²) in [6, 6.07) is 6.13. The van der Waals surface area contributed by atoms with Crippen molar-refractivity contribution in [1.82, 2.24) is 15.5 Å². The monoisotopic (exact) mass is 371 g/mol. The number of hydrogen-bond donors (Lipinski definition) is 3. The van der Waals surface area contributed by atoms with E-state index in [-0.39, 0.29) is 13.2 Å². The maximum absolute atomic E-state index is 12.4. The number of aliphatic hydroxyl groups is 1. The highest BCUT2D eigenvalue weighted by atomic mass is 16.3. The summed E-state index contributed by atoms with van der Waals surface area (Å²) in [4.78, 5) is 41.7. The number of nitriles is 1. The second-order valence-corrected chi connectivity index (χ2v) is 5.90. The van der Waals surface area contributed by atoms with E-state index in [0.29, 0.717) is 23.4 Å².